The minimum atomic E-state index is -1.78. The Bertz CT molecular complexity index is 1940. The first-order valence-corrected chi connectivity index (χ1v) is 18.9. The number of piperidine rings is 1. The Morgan fingerprint density at radius 3 is 2.45 bits per heavy atom. The molecule has 7 N–H and O–H groups in total. The van der Waals surface area contributed by atoms with Crippen molar-refractivity contribution in [2.24, 2.45) is 5.16 Å². The van der Waals surface area contributed by atoms with Crippen LogP contribution in [-0.4, -0.2) is 127 Å². The van der Waals surface area contributed by atoms with Crippen LogP contribution < -0.4 is 16.4 Å². The topological polar surface area (TPSA) is 243 Å². The van der Waals surface area contributed by atoms with Gasteiger partial charge in [-0.15, -0.1) is 23.1 Å². The van der Waals surface area contributed by atoms with E-state index in [0.29, 0.717) is 29.6 Å². The van der Waals surface area contributed by atoms with E-state index in [1.807, 2.05) is 0 Å². The van der Waals surface area contributed by atoms with Gasteiger partial charge in [-0.2, -0.15) is 0 Å². The van der Waals surface area contributed by atoms with Gasteiger partial charge in [0.1, 0.15) is 29.4 Å². The second kappa shape index (κ2) is 14.3. The van der Waals surface area contributed by atoms with Crippen LogP contribution in [-0.2, 0) is 28.8 Å². The second-order valence-corrected chi connectivity index (χ2v) is 16.4. The van der Waals surface area contributed by atoms with Crippen molar-refractivity contribution in [2.75, 3.05) is 32.2 Å². The number of likely N-dealkylation sites (N-methyl/N-ethyl adjacent to an activating group) is 1. The van der Waals surface area contributed by atoms with Gasteiger partial charge in [0.05, 0.1) is 36.8 Å². The molecule has 3 saturated heterocycles. The van der Waals surface area contributed by atoms with Crippen LogP contribution in [0.25, 0.3) is 0 Å². The smallest absolute Gasteiger partial charge is 0.355 e. The molecule has 3 amide bonds. The lowest BCUT2D eigenvalue weighted by molar-refractivity contribution is -0.944. The van der Waals surface area contributed by atoms with E-state index in [1.54, 1.807) is 0 Å². The minimum Gasteiger partial charge on any atom is -0.504 e. The number of benzene rings is 1. The number of fused-ring (bicyclic) bond motifs is 3. The summed E-state index contributed by atoms with van der Waals surface area (Å²) < 4.78 is 5.75. The quantitative estimate of drug-likeness (QED) is 0.0475. The molecular weight excluding hydrogens is 754 g/mol. The van der Waals surface area contributed by atoms with Gasteiger partial charge in [0.2, 0.25) is 5.60 Å². The first-order chi connectivity index (χ1) is 25.0. The third kappa shape index (κ3) is 6.97. The van der Waals surface area contributed by atoms with Gasteiger partial charge in [-0.25, -0.2) is 14.6 Å². The number of amides is 3. The number of carbonyl (C=O) groups excluding carboxylic acids is 4. The highest BCUT2D eigenvalue weighted by Crippen LogP contribution is 2.46. The molecule has 2 aromatic rings. The average Bonchev–Trinajstić information content (AvgIpc) is 3.57. The predicted molar refractivity (Wildman–Crippen MR) is 193 cm³/mol. The van der Waals surface area contributed by atoms with Gasteiger partial charge in [-0.3, -0.25) is 19.3 Å². The lowest BCUT2D eigenvalue weighted by Crippen LogP contribution is -2.71. The Balaban J connectivity index is 1.17. The van der Waals surface area contributed by atoms with Crippen molar-refractivity contribution in [3.05, 3.63) is 45.1 Å². The number of phenols is 2. The molecule has 3 fully saturated rings. The summed E-state index contributed by atoms with van der Waals surface area (Å²) in [6.45, 7) is 2.97. The number of hydrogen-bond donors (Lipinski definition) is 6. The number of β-lactam (4-membered cyclic amide) rings is 1. The fourth-order valence-corrected chi connectivity index (χ4v) is 9.55. The van der Waals surface area contributed by atoms with Crippen molar-refractivity contribution >= 4 is 75.2 Å². The van der Waals surface area contributed by atoms with Crippen LogP contribution in [0.3, 0.4) is 0 Å². The molecule has 6 rings (SSSR count). The van der Waals surface area contributed by atoms with Gasteiger partial charge in [-0.1, -0.05) is 16.8 Å². The standard InChI is InChI=1S/C33H38ClN7O10S2/c1-33(2,31(48)49)51-39-22(19-13-53-32(35)37-19)27(45)38-23-28(46)40-24(30(47)50-4)14(12-52-29(23)40)11-41(3)16-5-6-17(41)10-15(9-16)36-26(44)18-7-8-20(42)25(43)21(18)34/h7-8,13,15-17,23,29H,5-6,9-12H2,1-4H3,(H6-,35,36,37,38,39,42,43,44,45,48,49)/p+1/t15-,16+,17-,23-,29-,41?/m1/s1. The number of thioether (sulfide) groups is 1. The Kier molecular flexibility index (Phi) is 10.3. The van der Waals surface area contributed by atoms with E-state index in [0.717, 1.165) is 29.8 Å². The first kappa shape index (κ1) is 38.1. The molecular formula is C33H39ClN7O10S2+. The number of aromatic nitrogens is 1. The number of carbonyl (C=O) groups is 5. The van der Waals surface area contributed by atoms with Crippen LogP contribution in [0, 0.1) is 0 Å². The fourth-order valence-electron chi connectivity index (χ4n) is 7.42. The third-order valence-corrected chi connectivity index (χ3v) is 12.8. The number of ether oxygens (including phenoxy) is 1. The SMILES string of the molecule is COC(=O)C1=C(C[N+]2(C)[C@@H]3CC[C@H]2C[C@@H](NC(=O)c2ccc(O)c(O)c2Cl)C3)CS[C@@H]2[C@H](NC(=O)/C(=N\OC(C)(C)C(=O)O)c3csc(N)n3)C(=O)N12. The number of hydrogen-bond acceptors (Lipinski definition) is 14. The lowest BCUT2D eigenvalue weighted by atomic mass is 9.92. The second-order valence-electron chi connectivity index (χ2n) is 14.0. The summed E-state index contributed by atoms with van der Waals surface area (Å²) in [4.78, 5) is 75.8. The molecule has 0 spiro atoms. The predicted octanol–water partition coefficient (Wildman–Crippen LogP) is 1.77. The summed E-state index contributed by atoms with van der Waals surface area (Å²) in [6, 6.07) is 1.59. The summed E-state index contributed by atoms with van der Waals surface area (Å²) in [5.41, 5.74) is 4.56. The van der Waals surface area contributed by atoms with E-state index in [2.05, 4.69) is 27.8 Å². The number of aromatic hydroxyl groups is 2. The molecule has 53 heavy (non-hydrogen) atoms. The van der Waals surface area contributed by atoms with E-state index in [4.69, 9.17) is 26.9 Å². The number of nitrogens with one attached hydrogen (secondary N) is 2. The van der Waals surface area contributed by atoms with E-state index in [-0.39, 0.29) is 50.9 Å². The van der Waals surface area contributed by atoms with Gasteiger partial charge < -0.3 is 45.7 Å². The molecule has 1 aromatic carbocycles. The molecule has 4 aliphatic heterocycles. The number of quaternary nitrogens is 1. The highest BCUT2D eigenvalue weighted by molar-refractivity contribution is 8.00. The van der Waals surface area contributed by atoms with Crippen molar-refractivity contribution < 1.29 is 53.3 Å². The zero-order chi connectivity index (χ0) is 38.6. The number of rotatable bonds is 11. The molecule has 5 heterocycles. The highest BCUT2D eigenvalue weighted by Gasteiger charge is 2.57. The molecule has 2 bridgehead atoms. The van der Waals surface area contributed by atoms with E-state index >= 15 is 0 Å². The zero-order valence-corrected chi connectivity index (χ0v) is 31.5. The maximum Gasteiger partial charge on any atom is 0.355 e. The summed E-state index contributed by atoms with van der Waals surface area (Å²) in [5, 5.41) is 39.3. The Morgan fingerprint density at radius 2 is 1.85 bits per heavy atom. The van der Waals surface area contributed by atoms with Crippen molar-refractivity contribution in [3.8, 4) is 11.5 Å². The van der Waals surface area contributed by atoms with Crippen LogP contribution in [0.15, 0.2) is 33.9 Å². The Hall–Kier alpha value is -4.59. The molecule has 6 atom stereocenters. The van der Waals surface area contributed by atoms with Gasteiger partial charge >= 0.3 is 11.9 Å². The normalized spacial score (nSPS) is 26.7. The lowest BCUT2D eigenvalue weighted by Gasteiger charge is -2.52. The zero-order valence-electron chi connectivity index (χ0n) is 29.1. The van der Waals surface area contributed by atoms with Crippen molar-refractivity contribution in [2.45, 2.75) is 74.7 Å². The first-order valence-electron chi connectivity index (χ1n) is 16.6. The largest absolute Gasteiger partial charge is 0.504 e. The summed E-state index contributed by atoms with van der Waals surface area (Å²) in [7, 11) is 3.36. The van der Waals surface area contributed by atoms with Crippen molar-refractivity contribution in [1.82, 2.24) is 20.5 Å². The number of anilines is 1. The average molecular weight is 793 g/mol. The molecule has 284 valence electrons. The number of esters is 1. The molecule has 20 heteroatoms. The maximum atomic E-state index is 13.7. The molecule has 1 aromatic heterocycles. The van der Waals surface area contributed by atoms with Gasteiger partial charge in [0, 0.05) is 48.4 Å². The number of nitrogens with two attached hydrogens (primary N) is 1. The number of phenolic OH excluding ortho intramolecular Hbond substituents is 2. The summed E-state index contributed by atoms with van der Waals surface area (Å²) >= 11 is 8.55. The minimum absolute atomic E-state index is 0.0296. The number of halogens is 1. The van der Waals surface area contributed by atoms with E-state index in [9.17, 15) is 39.3 Å². The monoisotopic (exact) mass is 792 g/mol. The maximum absolute atomic E-state index is 13.7. The van der Waals surface area contributed by atoms with Crippen LogP contribution in [0.5, 0.6) is 11.5 Å². The molecule has 4 aliphatic rings. The molecule has 0 saturated carbocycles. The molecule has 0 aliphatic carbocycles. The van der Waals surface area contributed by atoms with Gasteiger partial charge in [0.15, 0.2) is 22.3 Å². The third-order valence-electron chi connectivity index (χ3n) is 10.4. The fraction of sp³-hybridized carbons (Fsp3) is 0.485. The molecule has 0 radical (unpaired) electrons. The highest BCUT2D eigenvalue weighted by atomic mass is 35.5. The summed E-state index contributed by atoms with van der Waals surface area (Å²) in [6.07, 6.45) is 3.08. The number of nitrogens with zero attached hydrogens (tertiary/aromatic N) is 4. The Labute approximate surface area is 316 Å². The Morgan fingerprint density at radius 1 is 1.17 bits per heavy atom. The van der Waals surface area contributed by atoms with Gasteiger partial charge in [0.25, 0.3) is 17.7 Å². The van der Waals surface area contributed by atoms with Gasteiger partial charge in [-0.05, 0) is 26.0 Å². The van der Waals surface area contributed by atoms with Crippen molar-refractivity contribution in [3.63, 3.8) is 0 Å². The van der Waals surface area contributed by atoms with Crippen LogP contribution in [0.1, 0.15) is 55.6 Å². The van der Waals surface area contributed by atoms with Crippen LogP contribution in [0.2, 0.25) is 5.02 Å². The summed E-state index contributed by atoms with van der Waals surface area (Å²) in [5.74, 6) is -4.45. The number of nitrogen functional groups attached to an aromatic ring is 1. The number of thiazole rings is 1. The number of methoxy groups -OCH3 is 1. The van der Waals surface area contributed by atoms with E-state index < -0.39 is 58.2 Å². The van der Waals surface area contributed by atoms with Crippen molar-refractivity contribution in [1.29, 1.82) is 0 Å². The van der Waals surface area contributed by atoms with Crippen LogP contribution >= 0.6 is 34.7 Å². The van der Waals surface area contributed by atoms with Crippen LogP contribution in [0.4, 0.5) is 5.13 Å². The molecule has 1 unspecified atom stereocenters. The molecule has 17 nitrogen and oxygen atoms in total. The van der Waals surface area contributed by atoms with E-state index in [1.165, 1.54) is 55.1 Å². The number of carboxylic acids is 1. The number of oxime groups is 1. The number of carboxylic acid groups (broad SMARTS) is 1. The number of aliphatic carboxylic acids is 1.